The Labute approximate surface area is 198 Å². The van der Waals surface area contributed by atoms with E-state index in [0.717, 1.165) is 37.8 Å². The molecule has 2 unspecified atom stereocenters. The monoisotopic (exact) mass is 550 g/mol. The van der Waals surface area contributed by atoms with Gasteiger partial charge in [0.15, 0.2) is 15.8 Å². The van der Waals surface area contributed by atoms with Crippen LogP contribution in [0.1, 0.15) is 37.8 Å². The smallest absolute Gasteiger partial charge is 0.191 e. The van der Waals surface area contributed by atoms with E-state index in [2.05, 4.69) is 27.7 Å². The van der Waals surface area contributed by atoms with Crippen molar-refractivity contribution in [3.63, 3.8) is 0 Å². The maximum absolute atomic E-state index is 11.7. The Balaban J connectivity index is 0.00000320. The summed E-state index contributed by atoms with van der Waals surface area (Å²) in [4.78, 5) is 7.34. The van der Waals surface area contributed by atoms with Crippen LogP contribution in [0.5, 0.6) is 5.75 Å². The van der Waals surface area contributed by atoms with Crippen LogP contribution < -0.4 is 15.4 Å². The van der Waals surface area contributed by atoms with E-state index >= 15 is 0 Å². The zero-order valence-corrected chi connectivity index (χ0v) is 21.1. The molecule has 2 heterocycles. The van der Waals surface area contributed by atoms with Crippen molar-refractivity contribution in [2.45, 2.75) is 32.2 Å². The van der Waals surface area contributed by atoms with E-state index in [-0.39, 0.29) is 41.7 Å². The van der Waals surface area contributed by atoms with Gasteiger partial charge in [-0.15, -0.1) is 24.0 Å². The lowest BCUT2D eigenvalue weighted by Gasteiger charge is -2.28. The first-order chi connectivity index (χ1) is 14.0. The number of halogens is 1. The summed E-state index contributed by atoms with van der Waals surface area (Å²) in [6.45, 7) is 6.20. The molecule has 170 valence electrons. The molecule has 30 heavy (non-hydrogen) atoms. The van der Waals surface area contributed by atoms with Gasteiger partial charge in [0.1, 0.15) is 5.75 Å². The number of methoxy groups -OCH3 is 1. The number of hydrogen-bond acceptors (Lipinski definition) is 5. The van der Waals surface area contributed by atoms with Crippen molar-refractivity contribution in [2.24, 2.45) is 10.9 Å². The number of guanidine groups is 1. The van der Waals surface area contributed by atoms with Crippen LogP contribution in [0.4, 0.5) is 0 Å². The fourth-order valence-corrected chi connectivity index (χ4v) is 6.06. The number of rotatable bonds is 8. The lowest BCUT2D eigenvalue weighted by atomic mass is 10.0. The van der Waals surface area contributed by atoms with Crippen molar-refractivity contribution in [1.29, 1.82) is 0 Å². The van der Waals surface area contributed by atoms with Crippen molar-refractivity contribution < 1.29 is 13.2 Å². The number of hydrogen-bond donors (Lipinski definition) is 2. The van der Waals surface area contributed by atoms with Gasteiger partial charge in [-0.25, -0.2) is 8.42 Å². The van der Waals surface area contributed by atoms with E-state index in [0.29, 0.717) is 18.8 Å². The van der Waals surface area contributed by atoms with Crippen molar-refractivity contribution in [3.05, 3.63) is 29.8 Å². The Morgan fingerprint density at radius 1 is 1.27 bits per heavy atom. The molecule has 0 radical (unpaired) electrons. The van der Waals surface area contributed by atoms with Crippen LogP contribution in [0.25, 0.3) is 0 Å². The molecule has 2 saturated heterocycles. The minimum absolute atomic E-state index is 0. The van der Waals surface area contributed by atoms with Crippen LogP contribution in [0.2, 0.25) is 0 Å². The molecule has 1 aromatic rings. The average Bonchev–Trinajstić information content (AvgIpc) is 3.36. The molecule has 2 N–H and O–H groups in total. The first-order valence-corrected chi connectivity index (χ1v) is 12.4. The number of likely N-dealkylation sites (tertiary alicyclic amines) is 1. The molecular weight excluding hydrogens is 515 g/mol. The van der Waals surface area contributed by atoms with E-state index in [4.69, 9.17) is 9.73 Å². The van der Waals surface area contributed by atoms with Crippen molar-refractivity contribution in [3.8, 4) is 5.75 Å². The highest BCUT2D eigenvalue weighted by Crippen LogP contribution is 2.31. The molecule has 2 atom stereocenters. The molecule has 0 aliphatic carbocycles. The van der Waals surface area contributed by atoms with Gasteiger partial charge in [0.25, 0.3) is 0 Å². The van der Waals surface area contributed by atoms with Gasteiger partial charge in [0.05, 0.1) is 31.2 Å². The Morgan fingerprint density at radius 2 is 2.00 bits per heavy atom. The maximum atomic E-state index is 11.7. The number of para-hydroxylation sites is 1. The summed E-state index contributed by atoms with van der Waals surface area (Å²) < 4.78 is 29.0. The summed E-state index contributed by atoms with van der Waals surface area (Å²) in [5.41, 5.74) is 1.17. The lowest BCUT2D eigenvalue weighted by Crippen LogP contribution is -2.40. The highest BCUT2D eigenvalue weighted by molar-refractivity contribution is 14.0. The summed E-state index contributed by atoms with van der Waals surface area (Å²) in [5.74, 6) is 2.38. The molecule has 9 heteroatoms. The topological polar surface area (TPSA) is 83.0 Å². The molecule has 1 aromatic carbocycles. The summed E-state index contributed by atoms with van der Waals surface area (Å²) in [5, 5.41) is 6.64. The lowest BCUT2D eigenvalue weighted by molar-refractivity contribution is 0.245. The summed E-state index contributed by atoms with van der Waals surface area (Å²) in [6, 6.07) is 8.34. The minimum Gasteiger partial charge on any atom is -0.496 e. The second-order valence-electron chi connectivity index (χ2n) is 7.87. The zero-order chi connectivity index (χ0) is 20.7. The molecule has 7 nitrogen and oxygen atoms in total. The van der Waals surface area contributed by atoms with Crippen LogP contribution in [-0.4, -0.2) is 70.6 Å². The van der Waals surface area contributed by atoms with Gasteiger partial charge >= 0.3 is 0 Å². The second-order valence-corrected chi connectivity index (χ2v) is 10.1. The molecule has 2 aliphatic heterocycles. The van der Waals surface area contributed by atoms with Crippen molar-refractivity contribution >= 4 is 39.8 Å². The number of nitrogens with zero attached hydrogens (tertiary/aromatic N) is 2. The quantitative estimate of drug-likeness (QED) is 0.294. The standard InChI is InChI=1S/C21H34N4O3S.HI/c1-3-22-21(23-14-17-10-13-29(26,27)16-17)24-15-19(25-11-6-7-12-25)18-8-4-5-9-20(18)28-2;/h4-5,8-9,17,19H,3,6-7,10-16H2,1-2H3,(H2,22,23,24);1H. The van der Waals surface area contributed by atoms with Gasteiger partial charge in [0, 0.05) is 18.7 Å². The van der Waals surface area contributed by atoms with Crippen molar-refractivity contribution in [1.82, 2.24) is 15.5 Å². The van der Waals surface area contributed by atoms with Crippen LogP contribution in [-0.2, 0) is 9.84 Å². The SMILES string of the molecule is CCNC(=NCC(c1ccccc1OC)N1CCCC1)NCC1CCS(=O)(=O)C1.I. The van der Waals surface area contributed by atoms with Gasteiger partial charge in [0.2, 0.25) is 0 Å². The van der Waals surface area contributed by atoms with Gasteiger partial charge in [-0.05, 0) is 51.3 Å². The molecule has 2 fully saturated rings. The highest BCUT2D eigenvalue weighted by atomic mass is 127. The van der Waals surface area contributed by atoms with Crippen LogP contribution in [0.15, 0.2) is 29.3 Å². The zero-order valence-electron chi connectivity index (χ0n) is 18.0. The predicted molar refractivity (Wildman–Crippen MR) is 133 cm³/mol. The summed E-state index contributed by atoms with van der Waals surface area (Å²) in [7, 11) is -1.14. The summed E-state index contributed by atoms with van der Waals surface area (Å²) >= 11 is 0. The molecule has 2 aliphatic rings. The van der Waals surface area contributed by atoms with E-state index in [9.17, 15) is 8.42 Å². The average molecular weight is 551 g/mol. The number of ether oxygens (including phenoxy) is 1. The van der Waals surface area contributed by atoms with Gasteiger partial charge in [-0.2, -0.15) is 0 Å². The molecule has 0 aromatic heterocycles. The molecule has 0 spiro atoms. The largest absolute Gasteiger partial charge is 0.496 e. The Morgan fingerprint density at radius 3 is 2.63 bits per heavy atom. The second kappa shape index (κ2) is 12.1. The Hall–Kier alpha value is -1.07. The maximum Gasteiger partial charge on any atom is 0.191 e. The molecular formula is C21H35IN4O3S. The van der Waals surface area contributed by atoms with E-state index in [1.807, 2.05) is 19.1 Å². The van der Waals surface area contributed by atoms with Gasteiger partial charge in [-0.1, -0.05) is 18.2 Å². The van der Waals surface area contributed by atoms with E-state index in [1.54, 1.807) is 7.11 Å². The van der Waals surface area contributed by atoms with Crippen LogP contribution in [0.3, 0.4) is 0 Å². The number of sulfone groups is 1. The van der Waals surface area contributed by atoms with E-state index < -0.39 is 9.84 Å². The summed E-state index contributed by atoms with van der Waals surface area (Å²) in [6.07, 6.45) is 3.15. The first kappa shape index (κ1) is 25.2. The van der Waals surface area contributed by atoms with Gasteiger partial charge < -0.3 is 15.4 Å². The third kappa shape index (κ3) is 6.98. The Kier molecular flexibility index (Phi) is 10.2. The normalized spacial score (nSPS) is 22.3. The number of benzene rings is 1. The van der Waals surface area contributed by atoms with Gasteiger partial charge in [-0.3, -0.25) is 9.89 Å². The van der Waals surface area contributed by atoms with Crippen LogP contribution in [0, 0.1) is 5.92 Å². The van der Waals surface area contributed by atoms with Crippen LogP contribution >= 0.6 is 24.0 Å². The third-order valence-corrected chi connectivity index (χ3v) is 7.57. The third-order valence-electron chi connectivity index (χ3n) is 5.73. The Bertz CT molecular complexity index is 797. The molecule has 0 bridgehead atoms. The number of nitrogens with one attached hydrogen (secondary N) is 2. The number of aliphatic imine (C=N–C) groups is 1. The van der Waals surface area contributed by atoms with E-state index in [1.165, 1.54) is 18.4 Å². The highest BCUT2D eigenvalue weighted by Gasteiger charge is 2.28. The molecule has 0 amide bonds. The minimum atomic E-state index is -2.86. The predicted octanol–water partition coefficient (Wildman–Crippen LogP) is 2.44. The van der Waals surface area contributed by atoms with Crippen molar-refractivity contribution in [2.75, 3.05) is 51.3 Å². The fourth-order valence-electron chi connectivity index (χ4n) is 4.20. The molecule has 3 rings (SSSR count). The fraction of sp³-hybridized carbons (Fsp3) is 0.667. The molecule has 0 saturated carbocycles. The first-order valence-electron chi connectivity index (χ1n) is 10.6.